The van der Waals surface area contributed by atoms with Gasteiger partial charge >= 0.3 is 0 Å². The minimum absolute atomic E-state index is 0.150. The van der Waals surface area contributed by atoms with Gasteiger partial charge in [-0.2, -0.15) is 0 Å². The Balaban J connectivity index is 1.33. The fourth-order valence-electron chi connectivity index (χ4n) is 3.58. The molecule has 0 radical (unpaired) electrons. The van der Waals surface area contributed by atoms with Crippen molar-refractivity contribution in [2.24, 2.45) is 0 Å². The van der Waals surface area contributed by atoms with Gasteiger partial charge in [0.25, 0.3) is 5.91 Å². The number of anilines is 2. The Kier molecular flexibility index (Phi) is 6.27. The van der Waals surface area contributed by atoms with Gasteiger partial charge in [0.05, 0.1) is 18.0 Å². The predicted octanol–water partition coefficient (Wildman–Crippen LogP) is 2.64. The zero-order chi connectivity index (χ0) is 20.1. The van der Waals surface area contributed by atoms with Crippen LogP contribution in [0.1, 0.15) is 23.2 Å². The van der Waals surface area contributed by atoms with Gasteiger partial charge < -0.3 is 24.6 Å². The van der Waals surface area contributed by atoms with Crippen LogP contribution in [0.15, 0.2) is 42.6 Å². The number of amides is 1. The highest BCUT2D eigenvalue weighted by Crippen LogP contribution is 2.19. The summed E-state index contributed by atoms with van der Waals surface area (Å²) in [5.74, 6) is 1.44. The van der Waals surface area contributed by atoms with E-state index >= 15 is 0 Å². The summed E-state index contributed by atoms with van der Waals surface area (Å²) in [7, 11) is 2.13. The number of piperazine rings is 1. The van der Waals surface area contributed by atoms with Crippen molar-refractivity contribution in [2.75, 3.05) is 56.7 Å². The highest BCUT2D eigenvalue weighted by Gasteiger charge is 2.17. The first-order valence-electron chi connectivity index (χ1n) is 10.2. The zero-order valence-corrected chi connectivity index (χ0v) is 16.8. The lowest BCUT2D eigenvalue weighted by Gasteiger charge is -2.33. The van der Waals surface area contributed by atoms with E-state index in [-0.39, 0.29) is 12.0 Å². The molecule has 0 spiro atoms. The molecule has 0 saturated carbocycles. The molecule has 3 heterocycles. The topological polar surface area (TPSA) is 66.9 Å². The molecule has 1 amide bonds. The maximum absolute atomic E-state index is 12.6. The van der Waals surface area contributed by atoms with Crippen molar-refractivity contribution in [2.45, 2.75) is 18.9 Å². The smallest absolute Gasteiger partial charge is 0.255 e. The molecule has 0 bridgehead atoms. The van der Waals surface area contributed by atoms with Gasteiger partial charge in [0.2, 0.25) is 0 Å². The lowest BCUT2D eigenvalue weighted by molar-refractivity contribution is 0.0679. The SMILES string of the molecule is CN1CCN(c2ccc(NC(=O)c3cccc(OC[C@@H]4CCCO4)c3)cn2)CC1. The molecule has 0 unspecified atom stereocenters. The van der Waals surface area contributed by atoms with E-state index in [9.17, 15) is 4.79 Å². The normalized spacial score (nSPS) is 19.9. The van der Waals surface area contributed by atoms with Gasteiger partial charge in [0, 0.05) is 38.3 Å². The van der Waals surface area contributed by atoms with E-state index in [1.54, 1.807) is 18.3 Å². The van der Waals surface area contributed by atoms with Gasteiger partial charge in [0.15, 0.2) is 0 Å². The molecule has 2 aliphatic heterocycles. The summed E-state index contributed by atoms with van der Waals surface area (Å²) in [6.07, 6.45) is 3.97. The number of rotatable bonds is 6. The van der Waals surface area contributed by atoms with Crippen molar-refractivity contribution in [1.82, 2.24) is 9.88 Å². The molecule has 154 valence electrons. The van der Waals surface area contributed by atoms with Crippen molar-refractivity contribution in [3.05, 3.63) is 48.2 Å². The average Bonchev–Trinajstić information content (AvgIpc) is 3.27. The van der Waals surface area contributed by atoms with Gasteiger partial charge in [-0.1, -0.05) is 6.07 Å². The molecule has 1 N–H and O–H groups in total. The summed E-state index contributed by atoms with van der Waals surface area (Å²) in [5, 5.41) is 2.91. The van der Waals surface area contributed by atoms with E-state index in [4.69, 9.17) is 9.47 Å². The van der Waals surface area contributed by atoms with E-state index in [1.807, 2.05) is 24.3 Å². The Morgan fingerprint density at radius 3 is 2.83 bits per heavy atom. The summed E-state index contributed by atoms with van der Waals surface area (Å²) in [6.45, 7) is 5.32. The third kappa shape index (κ3) is 5.25. The van der Waals surface area contributed by atoms with Gasteiger partial charge in [-0.25, -0.2) is 4.98 Å². The number of hydrogen-bond acceptors (Lipinski definition) is 6. The number of ether oxygens (including phenoxy) is 2. The second kappa shape index (κ2) is 9.24. The quantitative estimate of drug-likeness (QED) is 0.810. The number of aromatic nitrogens is 1. The van der Waals surface area contributed by atoms with Gasteiger partial charge in [0.1, 0.15) is 18.2 Å². The Morgan fingerprint density at radius 2 is 2.10 bits per heavy atom. The highest BCUT2D eigenvalue weighted by molar-refractivity contribution is 6.04. The van der Waals surface area contributed by atoms with Crippen molar-refractivity contribution >= 4 is 17.4 Å². The maximum atomic E-state index is 12.6. The minimum atomic E-state index is -0.179. The lowest BCUT2D eigenvalue weighted by Crippen LogP contribution is -2.44. The maximum Gasteiger partial charge on any atom is 0.255 e. The largest absolute Gasteiger partial charge is 0.491 e. The number of pyridine rings is 1. The van der Waals surface area contributed by atoms with E-state index in [0.29, 0.717) is 23.6 Å². The Labute approximate surface area is 171 Å². The Morgan fingerprint density at radius 1 is 1.24 bits per heavy atom. The molecule has 2 fully saturated rings. The van der Waals surface area contributed by atoms with E-state index in [2.05, 4.69) is 27.1 Å². The molecule has 2 aliphatic rings. The van der Waals surface area contributed by atoms with Gasteiger partial charge in [-0.3, -0.25) is 4.79 Å². The van der Waals surface area contributed by atoms with Crippen molar-refractivity contribution in [1.29, 1.82) is 0 Å². The van der Waals surface area contributed by atoms with Crippen LogP contribution >= 0.6 is 0 Å². The molecule has 0 aliphatic carbocycles. The van der Waals surface area contributed by atoms with Crippen molar-refractivity contribution in [3.8, 4) is 5.75 Å². The number of nitrogens with one attached hydrogen (secondary N) is 1. The van der Waals surface area contributed by atoms with Crippen LogP contribution in [0.25, 0.3) is 0 Å². The van der Waals surface area contributed by atoms with Crippen LogP contribution in [0.2, 0.25) is 0 Å². The molecule has 1 aromatic carbocycles. The number of nitrogens with zero attached hydrogens (tertiary/aromatic N) is 3. The summed E-state index contributed by atoms with van der Waals surface area (Å²) in [4.78, 5) is 21.7. The molecule has 2 saturated heterocycles. The second-order valence-electron chi connectivity index (χ2n) is 7.62. The van der Waals surface area contributed by atoms with E-state index in [1.165, 1.54) is 0 Å². The van der Waals surface area contributed by atoms with Gasteiger partial charge in [-0.05, 0) is 50.2 Å². The summed E-state index contributed by atoms with van der Waals surface area (Å²) in [6, 6.07) is 11.1. The van der Waals surface area contributed by atoms with Crippen LogP contribution < -0.4 is 15.0 Å². The molecular formula is C22H28N4O3. The number of carbonyl (C=O) groups excluding carboxylic acids is 1. The molecule has 1 aromatic heterocycles. The number of hydrogen-bond donors (Lipinski definition) is 1. The van der Waals surface area contributed by atoms with Crippen molar-refractivity contribution in [3.63, 3.8) is 0 Å². The standard InChI is InChI=1S/C22H28N4O3/c1-25-9-11-26(12-10-25)21-8-7-18(15-23-21)24-22(27)17-4-2-5-19(14-17)29-16-20-6-3-13-28-20/h2,4-5,7-8,14-15,20H,3,6,9-13,16H2,1H3,(H,24,27)/t20-/m0/s1. The van der Waals surface area contributed by atoms with Crippen LogP contribution in [0.3, 0.4) is 0 Å². The predicted molar refractivity (Wildman–Crippen MR) is 113 cm³/mol. The summed E-state index contributed by atoms with van der Waals surface area (Å²) >= 11 is 0. The lowest BCUT2D eigenvalue weighted by atomic mass is 10.2. The summed E-state index contributed by atoms with van der Waals surface area (Å²) in [5.41, 5.74) is 1.23. The fraction of sp³-hybridized carbons (Fsp3) is 0.455. The molecule has 7 heteroatoms. The van der Waals surface area contributed by atoms with Crippen LogP contribution in [-0.2, 0) is 4.74 Å². The van der Waals surface area contributed by atoms with Crippen LogP contribution in [-0.4, -0.2) is 68.3 Å². The van der Waals surface area contributed by atoms with Crippen molar-refractivity contribution < 1.29 is 14.3 Å². The Bertz CT molecular complexity index is 813. The number of benzene rings is 1. The molecule has 2 aromatic rings. The van der Waals surface area contributed by atoms with Crippen LogP contribution in [0.4, 0.5) is 11.5 Å². The van der Waals surface area contributed by atoms with E-state index in [0.717, 1.165) is 51.4 Å². The van der Waals surface area contributed by atoms with Crippen LogP contribution in [0.5, 0.6) is 5.75 Å². The molecule has 1 atom stereocenters. The molecule has 29 heavy (non-hydrogen) atoms. The molecule has 4 rings (SSSR count). The van der Waals surface area contributed by atoms with Gasteiger partial charge in [-0.15, -0.1) is 0 Å². The first-order chi connectivity index (χ1) is 14.2. The van der Waals surface area contributed by atoms with E-state index < -0.39 is 0 Å². The molecule has 7 nitrogen and oxygen atoms in total. The first-order valence-corrected chi connectivity index (χ1v) is 10.2. The Hall–Kier alpha value is -2.64. The fourth-order valence-corrected chi connectivity index (χ4v) is 3.58. The van der Waals surface area contributed by atoms with Crippen LogP contribution in [0, 0.1) is 0 Å². The minimum Gasteiger partial charge on any atom is -0.491 e. The molecular weight excluding hydrogens is 368 g/mol. The third-order valence-corrected chi connectivity index (χ3v) is 5.39. The average molecular weight is 396 g/mol. The monoisotopic (exact) mass is 396 g/mol. The zero-order valence-electron chi connectivity index (χ0n) is 16.8. The number of likely N-dealkylation sites (N-methyl/N-ethyl adjacent to an activating group) is 1. The third-order valence-electron chi connectivity index (χ3n) is 5.39. The number of carbonyl (C=O) groups is 1. The second-order valence-corrected chi connectivity index (χ2v) is 7.62. The summed E-state index contributed by atoms with van der Waals surface area (Å²) < 4.78 is 11.4. The highest BCUT2D eigenvalue weighted by atomic mass is 16.5. The first kappa shape index (κ1) is 19.7.